The first-order valence-corrected chi connectivity index (χ1v) is 23.4. The second-order valence-electron chi connectivity index (χ2n) is 19.8. The number of carbonyl (C=O) groups excluding carboxylic acids is 6. The number of ether oxygens (including phenoxy) is 6. The Kier molecular flexibility index (Phi) is 16.2. The lowest BCUT2D eigenvalue weighted by atomic mass is 9.62. The molecule has 4 heterocycles. The number of rotatable bonds is 22. The van der Waals surface area contributed by atoms with Crippen molar-refractivity contribution in [2.75, 3.05) is 19.8 Å². The SMILES string of the molecule is CCCCCC1(CCCCC)O[C@@H]2[C@H](O1)[C@H]1ON(Cc3cccc(C=CC(=O)O[C@H]4C(=O)OCC4(C)C)c3)[C@H]3C(=O)O[C@@H]2C[C@@]13C(=O)NCCC(=O)N[C@H](CO)CCC(=O)OC(C)(C)C. The number of fused-ring (bicyclic) bond motifs is 4. The molecule has 4 saturated heterocycles. The Morgan fingerprint density at radius 3 is 2.34 bits per heavy atom. The molecule has 8 atom stereocenters. The number of aliphatic hydroxyl groups excluding tert-OH is 1. The molecule has 17 heteroatoms. The van der Waals surface area contributed by atoms with E-state index in [1.54, 1.807) is 52.8 Å². The lowest BCUT2D eigenvalue weighted by molar-refractivity contribution is -0.224. The minimum Gasteiger partial charge on any atom is -0.462 e. The molecule has 0 radical (unpaired) electrons. The summed E-state index contributed by atoms with van der Waals surface area (Å²) in [6, 6.07) is 5.32. The molecular formula is C48H69N3O14. The van der Waals surface area contributed by atoms with Crippen LogP contribution in [0.3, 0.4) is 0 Å². The summed E-state index contributed by atoms with van der Waals surface area (Å²) in [6.45, 7) is 12.8. The molecule has 1 aromatic carbocycles. The van der Waals surface area contributed by atoms with Gasteiger partial charge in [-0.1, -0.05) is 77.6 Å². The number of nitrogens with one attached hydrogen (secondary N) is 2. The van der Waals surface area contributed by atoms with E-state index in [1.807, 2.05) is 12.1 Å². The van der Waals surface area contributed by atoms with Crippen LogP contribution in [-0.2, 0) is 68.6 Å². The van der Waals surface area contributed by atoms with Crippen LogP contribution in [-0.4, -0.2) is 120 Å². The predicted octanol–water partition coefficient (Wildman–Crippen LogP) is 4.74. The molecule has 65 heavy (non-hydrogen) atoms. The number of hydrogen-bond donors (Lipinski definition) is 3. The minimum absolute atomic E-state index is 0.000990. The van der Waals surface area contributed by atoms with Crippen molar-refractivity contribution in [1.82, 2.24) is 15.7 Å². The van der Waals surface area contributed by atoms with Gasteiger partial charge < -0.3 is 44.2 Å². The second-order valence-corrected chi connectivity index (χ2v) is 19.8. The average Bonchev–Trinajstić information content (AvgIpc) is 3.88. The smallest absolute Gasteiger partial charge is 0.348 e. The molecule has 3 N–H and O–H groups in total. The topological polar surface area (TPSA) is 215 Å². The van der Waals surface area contributed by atoms with Crippen LogP contribution in [0.5, 0.6) is 0 Å². The Bertz CT molecular complexity index is 1920. The molecular weight excluding hydrogens is 843 g/mol. The van der Waals surface area contributed by atoms with Crippen LogP contribution in [0.2, 0.25) is 0 Å². The van der Waals surface area contributed by atoms with Gasteiger partial charge >= 0.3 is 23.9 Å². The lowest BCUT2D eigenvalue weighted by Gasteiger charge is -2.48. The van der Waals surface area contributed by atoms with Crippen LogP contribution < -0.4 is 10.6 Å². The Hall–Kier alpha value is -4.42. The molecule has 2 bridgehead atoms. The van der Waals surface area contributed by atoms with Gasteiger partial charge in [-0.15, -0.1) is 0 Å². The Morgan fingerprint density at radius 2 is 1.69 bits per heavy atom. The predicted molar refractivity (Wildman–Crippen MR) is 234 cm³/mol. The standard InChI is InChI=1S/C48H69N3O14/c1-8-10-12-22-47(23-13-11-9-2)63-37-33-26-48(44(58)49-24-21-34(53)50-32(28-52)18-20-36(55)62-45(3,4)5)39(42(56)60-33)51(65-40(48)38(37)64-47)27-31-16-14-15-30(25-31)17-19-35(54)61-41-43(57)59-29-46(41,6)7/h14-17,19,25,32-33,37-41,52H,8-13,18,20-24,26-29H2,1-7H3,(H,49,58)(H,50,53)/t32-,33+,37-,38-,39-,40+,41-,48-/m0/s1. The normalized spacial score (nSPS) is 28.0. The van der Waals surface area contributed by atoms with Crippen LogP contribution in [0.25, 0.3) is 6.08 Å². The summed E-state index contributed by atoms with van der Waals surface area (Å²) in [5.41, 5.74) is -1.48. The number of cyclic esters (lactones) is 1. The van der Waals surface area contributed by atoms with Crippen molar-refractivity contribution in [3.8, 4) is 0 Å². The first-order valence-electron chi connectivity index (χ1n) is 23.4. The third-order valence-corrected chi connectivity index (χ3v) is 12.8. The number of aliphatic hydroxyl groups is 1. The van der Waals surface area contributed by atoms with Gasteiger partial charge in [0.2, 0.25) is 17.9 Å². The zero-order valence-corrected chi connectivity index (χ0v) is 39.0. The third kappa shape index (κ3) is 11.8. The molecule has 0 aromatic heterocycles. The highest BCUT2D eigenvalue weighted by molar-refractivity contribution is 5.94. The monoisotopic (exact) mass is 911 g/mol. The Labute approximate surface area is 381 Å². The van der Waals surface area contributed by atoms with Gasteiger partial charge in [-0.05, 0) is 57.2 Å². The molecule has 0 unspecified atom stereocenters. The van der Waals surface area contributed by atoms with E-state index in [-0.39, 0.29) is 45.4 Å². The Morgan fingerprint density at radius 1 is 0.985 bits per heavy atom. The molecule has 17 nitrogen and oxygen atoms in total. The molecule has 360 valence electrons. The fourth-order valence-corrected chi connectivity index (χ4v) is 9.57. The Balaban J connectivity index is 1.20. The zero-order valence-electron chi connectivity index (χ0n) is 39.0. The van der Waals surface area contributed by atoms with Crippen LogP contribution in [0, 0.1) is 10.8 Å². The van der Waals surface area contributed by atoms with Crippen LogP contribution >= 0.6 is 0 Å². The fourth-order valence-electron chi connectivity index (χ4n) is 9.57. The van der Waals surface area contributed by atoms with E-state index in [1.165, 1.54) is 11.1 Å². The number of carbonyl (C=O) groups is 6. The van der Waals surface area contributed by atoms with Gasteiger partial charge in [0.1, 0.15) is 42.0 Å². The summed E-state index contributed by atoms with van der Waals surface area (Å²) in [5, 5.41) is 17.1. The van der Waals surface area contributed by atoms with Crippen LogP contribution in [0.4, 0.5) is 0 Å². The maximum absolute atomic E-state index is 14.8. The maximum atomic E-state index is 14.8. The first kappa shape index (κ1) is 50.0. The average molecular weight is 912 g/mol. The van der Waals surface area contributed by atoms with Crippen molar-refractivity contribution in [2.24, 2.45) is 10.8 Å². The number of hydroxylamine groups is 2. The molecule has 2 amide bonds. The molecule has 4 aliphatic heterocycles. The largest absolute Gasteiger partial charge is 0.462 e. The number of esters is 4. The summed E-state index contributed by atoms with van der Waals surface area (Å²) in [4.78, 5) is 86.2. The zero-order chi connectivity index (χ0) is 47.2. The highest BCUT2D eigenvalue weighted by Gasteiger charge is 2.76. The summed E-state index contributed by atoms with van der Waals surface area (Å²) < 4.78 is 35.9. The van der Waals surface area contributed by atoms with Gasteiger partial charge in [-0.2, -0.15) is 5.06 Å². The van der Waals surface area contributed by atoms with Crippen molar-refractivity contribution >= 4 is 41.8 Å². The quantitative estimate of drug-likeness (QED) is 0.0620. The van der Waals surface area contributed by atoms with E-state index in [9.17, 15) is 33.9 Å². The van der Waals surface area contributed by atoms with Crippen molar-refractivity contribution in [3.05, 3.63) is 41.5 Å². The summed E-state index contributed by atoms with van der Waals surface area (Å²) in [7, 11) is 0. The molecule has 5 aliphatic rings. The van der Waals surface area contributed by atoms with Gasteiger partial charge in [0.05, 0.1) is 19.2 Å². The second kappa shape index (κ2) is 21.0. The van der Waals surface area contributed by atoms with E-state index < -0.39 is 107 Å². The number of unbranched alkanes of at least 4 members (excludes halogenated alkanes) is 4. The first-order chi connectivity index (χ1) is 30.8. The van der Waals surface area contributed by atoms with Gasteiger partial charge in [0.25, 0.3) is 0 Å². The van der Waals surface area contributed by atoms with Crippen molar-refractivity contribution in [1.29, 1.82) is 0 Å². The highest BCUT2D eigenvalue weighted by atomic mass is 16.8. The van der Waals surface area contributed by atoms with E-state index in [4.69, 9.17) is 33.3 Å². The van der Waals surface area contributed by atoms with E-state index >= 15 is 0 Å². The minimum atomic E-state index is -1.48. The van der Waals surface area contributed by atoms with Crippen molar-refractivity contribution in [2.45, 2.75) is 186 Å². The number of benzene rings is 1. The van der Waals surface area contributed by atoms with Gasteiger partial charge in [-0.3, -0.25) is 24.0 Å². The van der Waals surface area contributed by atoms with Crippen LogP contribution in [0.1, 0.15) is 137 Å². The van der Waals surface area contributed by atoms with E-state index in [2.05, 4.69) is 24.5 Å². The van der Waals surface area contributed by atoms with E-state index in [0.717, 1.165) is 38.5 Å². The third-order valence-electron chi connectivity index (χ3n) is 12.8. The molecule has 1 saturated carbocycles. The number of hydrogen-bond acceptors (Lipinski definition) is 15. The lowest BCUT2D eigenvalue weighted by Crippen LogP contribution is -2.69. The number of nitrogens with zero attached hydrogens (tertiary/aromatic N) is 1. The van der Waals surface area contributed by atoms with Gasteiger partial charge in [-0.25, -0.2) is 9.59 Å². The van der Waals surface area contributed by atoms with Crippen LogP contribution in [0.15, 0.2) is 30.3 Å². The summed E-state index contributed by atoms with van der Waals surface area (Å²) >= 11 is 0. The van der Waals surface area contributed by atoms with Crippen molar-refractivity contribution in [3.63, 3.8) is 0 Å². The molecule has 1 aliphatic carbocycles. The highest BCUT2D eigenvalue weighted by Crippen LogP contribution is 2.58. The van der Waals surface area contributed by atoms with Crippen molar-refractivity contribution < 1.29 is 67.1 Å². The molecule has 5 fully saturated rings. The molecule has 0 spiro atoms. The summed E-state index contributed by atoms with van der Waals surface area (Å²) in [5.74, 6) is -4.27. The van der Waals surface area contributed by atoms with Gasteiger partial charge in [0.15, 0.2) is 11.8 Å². The molecule has 1 aromatic rings. The maximum Gasteiger partial charge on any atom is 0.348 e. The molecule has 6 rings (SSSR count). The fraction of sp³-hybridized carbons (Fsp3) is 0.708. The number of amides is 2. The summed E-state index contributed by atoms with van der Waals surface area (Å²) in [6.07, 6.45) is 5.69. The van der Waals surface area contributed by atoms with Gasteiger partial charge in [0, 0.05) is 50.1 Å². The van der Waals surface area contributed by atoms with E-state index in [0.29, 0.717) is 24.0 Å².